The highest BCUT2D eigenvalue weighted by Crippen LogP contribution is 2.15. The second kappa shape index (κ2) is 10.5. The number of fused-ring (bicyclic) bond motifs is 1. The average molecular weight is 406 g/mol. The smallest absolute Gasteiger partial charge is 0.262 e. The number of benzene rings is 1. The molecule has 0 aliphatic rings. The van der Waals surface area contributed by atoms with Crippen molar-refractivity contribution in [2.75, 3.05) is 20.3 Å². The number of hydrogen-bond acceptors (Lipinski definition) is 4. The third-order valence-corrected chi connectivity index (χ3v) is 5.17. The van der Waals surface area contributed by atoms with Crippen molar-refractivity contribution in [1.29, 1.82) is 0 Å². The van der Waals surface area contributed by atoms with Crippen LogP contribution >= 0.6 is 12.2 Å². The summed E-state index contributed by atoms with van der Waals surface area (Å²) >= 11 is 5.36. The van der Waals surface area contributed by atoms with E-state index >= 15 is 0 Å². The van der Waals surface area contributed by atoms with Crippen molar-refractivity contribution in [3.05, 3.63) is 38.9 Å². The Balaban J connectivity index is 2.35. The zero-order valence-corrected chi connectivity index (χ0v) is 18.1. The summed E-state index contributed by atoms with van der Waals surface area (Å²) in [4.78, 5) is 30.8. The third-order valence-electron chi connectivity index (χ3n) is 4.85. The molecular weight excluding hydrogens is 374 g/mol. The Hall–Kier alpha value is -1.99. The molecule has 154 valence electrons. The number of unbranched alkanes of at least 4 members (excludes halogenated alkanes) is 2. The van der Waals surface area contributed by atoms with E-state index in [0.29, 0.717) is 40.8 Å². The van der Waals surface area contributed by atoms with Crippen LogP contribution in [0.25, 0.3) is 10.9 Å². The average Bonchev–Trinajstić information content (AvgIpc) is 2.66. The van der Waals surface area contributed by atoms with Crippen LogP contribution in [-0.4, -0.2) is 46.7 Å². The van der Waals surface area contributed by atoms with E-state index in [1.807, 2.05) is 18.7 Å². The lowest BCUT2D eigenvalue weighted by Gasteiger charge is -2.27. The SMILES string of the molecule is CCCCCN(C(=O)c1ccc2c(=O)n(CCCOC)c(=S)[nH]c2c1)C(C)C. The van der Waals surface area contributed by atoms with Gasteiger partial charge in [-0.2, -0.15) is 0 Å². The first-order valence-corrected chi connectivity index (χ1v) is 10.4. The van der Waals surface area contributed by atoms with Gasteiger partial charge in [-0.05, 0) is 57.1 Å². The first-order chi connectivity index (χ1) is 13.4. The number of rotatable bonds is 10. The molecule has 0 radical (unpaired) electrons. The fraction of sp³-hybridized carbons (Fsp3) is 0.571. The molecule has 28 heavy (non-hydrogen) atoms. The number of methoxy groups -OCH3 is 1. The second-order valence-electron chi connectivity index (χ2n) is 7.29. The van der Waals surface area contributed by atoms with Crippen molar-refractivity contribution < 1.29 is 9.53 Å². The fourth-order valence-corrected chi connectivity index (χ4v) is 3.53. The molecule has 0 fully saturated rings. The summed E-state index contributed by atoms with van der Waals surface area (Å²) in [5.74, 6) is -0.0170. The molecule has 0 saturated carbocycles. The molecule has 2 rings (SSSR count). The van der Waals surface area contributed by atoms with Crippen LogP contribution in [0.3, 0.4) is 0 Å². The van der Waals surface area contributed by atoms with E-state index in [1.54, 1.807) is 29.9 Å². The molecule has 1 amide bonds. The summed E-state index contributed by atoms with van der Waals surface area (Å²) in [5.41, 5.74) is 1.03. The van der Waals surface area contributed by atoms with E-state index in [9.17, 15) is 9.59 Å². The van der Waals surface area contributed by atoms with Gasteiger partial charge < -0.3 is 14.6 Å². The zero-order chi connectivity index (χ0) is 20.7. The number of aromatic amines is 1. The fourth-order valence-electron chi connectivity index (χ4n) is 3.25. The number of H-pyrrole nitrogens is 1. The molecule has 1 aromatic carbocycles. The molecule has 1 aromatic heterocycles. The highest BCUT2D eigenvalue weighted by molar-refractivity contribution is 7.71. The Morgan fingerprint density at radius 2 is 2.04 bits per heavy atom. The summed E-state index contributed by atoms with van der Waals surface area (Å²) in [6, 6.07) is 5.31. The largest absolute Gasteiger partial charge is 0.385 e. The monoisotopic (exact) mass is 405 g/mol. The van der Waals surface area contributed by atoms with E-state index in [4.69, 9.17) is 17.0 Å². The van der Waals surface area contributed by atoms with Crippen molar-refractivity contribution in [3.63, 3.8) is 0 Å². The number of amides is 1. The Morgan fingerprint density at radius 3 is 2.68 bits per heavy atom. The highest BCUT2D eigenvalue weighted by Gasteiger charge is 2.19. The molecule has 0 spiro atoms. The Labute approximate surface area is 171 Å². The molecule has 2 aromatic rings. The highest BCUT2D eigenvalue weighted by atomic mass is 32.1. The number of ether oxygens (including phenoxy) is 1. The number of aromatic nitrogens is 2. The van der Waals surface area contributed by atoms with E-state index in [1.165, 1.54) is 0 Å². The molecule has 0 atom stereocenters. The van der Waals surface area contributed by atoms with E-state index < -0.39 is 0 Å². The Morgan fingerprint density at radius 1 is 1.29 bits per heavy atom. The van der Waals surface area contributed by atoms with Gasteiger partial charge in [0.05, 0.1) is 10.9 Å². The minimum absolute atomic E-state index is 0.0170. The first kappa shape index (κ1) is 22.3. The minimum atomic E-state index is -0.141. The molecule has 0 aliphatic carbocycles. The van der Waals surface area contributed by atoms with E-state index in [2.05, 4.69) is 11.9 Å². The van der Waals surface area contributed by atoms with Gasteiger partial charge in [0.1, 0.15) is 0 Å². The lowest BCUT2D eigenvalue weighted by molar-refractivity contribution is 0.0702. The van der Waals surface area contributed by atoms with Crippen LogP contribution in [0.5, 0.6) is 0 Å². The standard InChI is InChI=1S/C21H31N3O3S/c1-5-6-7-11-23(15(2)3)19(25)16-9-10-17-18(14-16)22-21(28)24(20(17)26)12-8-13-27-4/h9-10,14-15H,5-8,11-13H2,1-4H3,(H,22,28). The molecule has 0 saturated heterocycles. The maximum atomic E-state index is 13.0. The van der Waals surface area contributed by atoms with Gasteiger partial charge in [0.15, 0.2) is 4.77 Å². The molecule has 1 heterocycles. The molecular formula is C21H31N3O3S. The van der Waals surface area contributed by atoms with Gasteiger partial charge >= 0.3 is 0 Å². The topological polar surface area (TPSA) is 67.3 Å². The molecule has 7 heteroatoms. The lowest BCUT2D eigenvalue weighted by atomic mass is 10.1. The van der Waals surface area contributed by atoms with Crippen molar-refractivity contribution >= 4 is 29.0 Å². The second-order valence-corrected chi connectivity index (χ2v) is 7.68. The van der Waals surface area contributed by atoms with Crippen LogP contribution in [0.2, 0.25) is 0 Å². The zero-order valence-electron chi connectivity index (χ0n) is 17.3. The molecule has 1 N–H and O–H groups in total. The number of hydrogen-bond donors (Lipinski definition) is 1. The van der Waals surface area contributed by atoms with Gasteiger partial charge in [-0.15, -0.1) is 0 Å². The van der Waals surface area contributed by atoms with Crippen molar-refractivity contribution in [1.82, 2.24) is 14.5 Å². The predicted octanol–water partition coefficient (Wildman–Crippen LogP) is 4.14. The lowest BCUT2D eigenvalue weighted by Crippen LogP contribution is -2.37. The van der Waals surface area contributed by atoms with Gasteiger partial charge in [-0.3, -0.25) is 14.2 Å². The van der Waals surface area contributed by atoms with Crippen molar-refractivity contribution in [2.45, 2.75) is 59.0 Å². The summed E-state index contributed by atoms with van der Waals surface area (Å²) in [5, 5.41) is 0.532. The predicted molar refractivity (Wildman–Crippen MR) is 116 cm³/mol. The number of nitrogens with one attached hydrogen (secondary N) is 1. The summed E-state index contributed by atoms with van der Waals surface area (Å²) in [6.07, 6.45) is 3.91. The number of carbonyl (C=O) groups is 1. The van der Waals surface area contributed by atoms with Crippen LogP contribution in [-0.2, 0) is 11.3 Å². The van der Waals surface area contributed by atoms with Crippen molar-refractivity contribution in [2.24, 2.45) is 0 Å². The van der Waals surface area contributed by atoms with Crippen LogP contribution < -0.4 is 5.56 Å². The minimum Gasteiger partial charge on any atom is -0.385 e. The van der Waals surface area contributed by atoms with Gasteiger partial charge in [-0.1, -0.05) is 19.8 Å². The summed E-state index contributed by atoms with van der Waals surface area (Å²) in [6.45, 7) is 8.00. The molecule has 0 bridgehead atoms. The third kappa shape index (κ3) is 5.29. The van der Waals surface area contributed by atoms with Crippen LogP contribution in [0.1, 0.15) is 56.8 Å². The van der Waals surface area contributed by atoms with Crippen LogP contribution in [0.4, 0.5) is 0 Å². The van der Waals surface area contributed by atoms with E-state index in [-0.39, 0.29) is 17.5 Å². The number of nitrogens with zero attached hydrogens (tertiary/aromatic N) is 2. The van der Waals surface area contributed by atoms with Crippen molar-refractivity contribution in [3.8, 4) is 0 Å². The normalized spacial score (nSPS) is 11.3. The Kier molecular flexibility index (Phi) is 8.38. The molecule has 6 nitrogen and oxygen atoms in total. The maximum absolute atomic E-state index is 13.0. The van der Waals surface area contributed by atoms with Gasteiger partial charge in [0, 0.05) is 38.4 Å². The summed E-state index contributed by atoms with van der Waals surface area (Å²) < 4.78 is 6.96. The molecule has 0 aliphatic heterocycles. The van der Waals surface area contributed by atoms with Crippen LogP contribution in [0, 0.1) is 4.77 Å². The quantitative estimate of drug-likeness (QED) is 0.477. The van der Waals surface area contributed by atoms with Gasteiger partial charge in [0.25, 0.3) is 11.5 Å². The first-order valence-electron chi connectivity index (χ1n) is 9.97. The Bertz CT molecular complexity index is 917. The van der Waals surface area contributed by atoms with E-state index in [0.717, 1.165) is 25.8 Å². The van der Waals surface area contributed by atoms with Gasteiger partial charge in [0.2, 0.25) is 0 Å². The van der Waals surface area contributed by atoms with Gasteiger partial charge in [-0.25, -0.2) is 0 Å². The maximum Gasteiger partial charge on any atom is 0.262 e. The summed E-state index contributed by atoms with van der Waals surface area (Å²) in [7, 11) is 1.63. The molecule has 0 unspecified atom stereocenters. The number of carbonyl (C=O) groups excluding carboxylic acids is 1. The van der Waals surface area contributed by atoms with Crippen LogP contribution in [0.15, 0.2) is 23.0 Å².